The van der Waals surface area contributed by atoms with E-state index in [-0.39, 0.29) is 23.5 Å². The van der Waals surface area contributed by atoms with Crippen molar-refractivity contribution >= 4 is 15.7 Å². The Bertz CT molecular complexity index is 969. The van der Waals surface area contributed by atoms with E-state index in [1.54, 1.807) is 36.3 Å². The van der Waals surface area contributed by atoms with Crippen LogP contribution in [0.5, 0.6) is 11.5 Å². The van der Waals surface area contributed by atoms with E-state index < -0.39 is 9.84 Å². The molecule has 1 amide bonds. The first-order valence-corrected chi connectivity index (χ1v) is 12.0. The lowest BCUT2D eigenvalue weighted by Gasteiger charge is -2.29. The smallest absolute Gasteiger partial charge is 0.254 e. The first-order valence-electron chi connectivity index (χ1n) is 10.1. The summed E-state index contributed by atoms with van der Waals surface area (Å²) in [6.07, 6.45) is 0.452. The Morgan fingerprint density at radius 3 is 2.47 bits per heavy atom. The molecule has 2 aromatic rings. The van der Waals surface area contributed by atoms with Gasteiger partial charge in [-0.15, -0.1) is 0 Å². The standard InChI is InChI=1S/C23H29NO5S/c1-17(2)15-29-21-9-7-19(8-10-21)23(25)24(20-11-12-30(26,27)16-20)14-18-5-4-6-22(13-18)28-3/h4-10,13,17,20H,11-12,14-16H2,1-3H3. The maximum atomic E-state index is 13.3. The molecule has 0 saturated carbocycles. The summed E-state index contributed by atoms with van der Waals surface area (Å²) in [7, 11) is -1.53. The summed E-state index contributed by atoms with van der Waals surface area (Å²) in [5.41, 5.74) is 1.41. The van der Waals surface area contributed by atoms with E-state index in [9.17, 15) is 13.2 Å². The molecule has 1 aliphatic heterocycles. The van der Waals surface area contributed by atoms with Crippen molar-refractivity contribution in [1.29, 1.82) is 0 Å². The van der Waals surface area contributed by atoms with Crippen LogP contribution >= 0.6 is 0 Å². The largest absolute Gasteiger partial charge is 0.497 e. The second kappa shape index (κ2) is 9.51. The fraction of sp³-hybridized carbons (Fsp3) is 0.435. The van der Waals surface area contributed by atoms with Gasteiger partial charge in [0.05, 0.1) is 25.2 Å². The average molecular weight is 432 g/mol. The van der Waals surface area contributed by atoms with Crippen LogP contribution in [0, 0.1) is 5.92 Å². The predicted octanol–water partition coefficient (Wildman–Crippen LogP) is 3.56. The van der Waals surface area contributed by atoms with Crippen molar-refractivity contribution in [2.24, 2.45) is 5.92 Å². The molecule has 3 rings (SSSR count). The van der Waals surface area contributed by atoms with E-state index in [2.05, 4.69) is 13.8 Å². The molecule has 1 atom stereocenters. The first-order chi connectivity index (χ1) is 14.3. The number of hydrogen-bond donors (Lipinski definition) is 0. The highest BCUT2D eigenvalue weighted by Crippen LogP contribution is 2.24. The Labute approximate surface area is 178 Å². The molecule has 0 spiro atoms. The lowest BCUT2D eigenvalue weighted by molar-refractivity contribution is 0.0680. The number of sulfone groups is 1. The molecule has 1 aliphatic rings. The van der Waals surface area contributed by atoms with Crippen LogP contribution in [0.1, 0.15) is 36.2 Å². The quantitative estimate of drug-likeness (QED) is 0.639. The molecule has 0 bridgehead atoms. The third-order valence-corrected chi connectivity index (χ3v) is 6.83. The molecule has 1 fully saturated rings. The van der Waals surface area contributed by atoms with Crippen molar-refractivity contribution in [1.82, 2.24) is 4.90 Å². The van der Waals surface area contributed by atoms with Gasteiger partial charge in [0.2, 0.25) is 0 Å². The monoisotopic (exact) mass is 431 g/mol. The van der Waals surface area contributed by atoms with Gasteiger partial charge >= 0.3 is 0 Å². The Hall–Kier alpha value is -2.54. The molecule has 30 heavy (non-hydrogen) atoms. The van der Waals surface area contributed by atoms with Crippen molar-refractivity contribution in [3.63, 3.8) is 0 Å². The first kappa shape index (κ1) is 22.2. The molecule has 7 heteroatoms. The van der Waals surface area contributed by atoms with Crippen LogP contribution in [0.4, 0.5) is 0 Å². The molecule has 1 unspecified atom stereocenters. The summed E-state index contributed by atoms with van der Waals surface area (Å²) < 4.78 is 35.1. The lowest BCUT2D eigenvalue weighted by Crippen LogP contribution is -2.40. The van der Waals surface area contributed by atoms with Crippen molar-refractivity contribution in [2.45, 2.75) is 32.9 Å². The van der Waals surface area contributed by atoms with Crippen LogP contribution in [0.3, 0.4) is 0 Å². The van der Waals surface area contributed by atoms with Crippen LogP contribution in [-0.2, 0) is 16.4 Å². The summed E-state index contributed by atoms with van der Waals surface area (Å²) >= 11 is 0. The number of methoxy groups -OCH3 is 1. The molecular weight excluding hydrogens is 402 g/mol. The number of ether oxygens (including phenoxy) is 2. The van der Waals surface area contributed by atoms with Gasteiger partial charge in [0.1, 0.15) is 11.5 Å². The van der Waals surface area contributed by atoms with E-state index in [0.717, 1.165) is 5.56 Å². The number of carbonyl (C=O) groups is 1. The zero-order valence-corrected chi connectivity index (χ0v) is 18.5. The molecule has 1 saturated heterocycles. The minimum atomic E-state index is -3.12. The summed E-state index contributed by atoms with van der Waals surface area (Å²) in [6.45, 7) is 5.07. The number of rotatable bonds is 8. The Balaban J connectivity index is 1.82. The molecular formula is C23H29NO5S. The molecule has 1 heterocycles. The second-order valence-electron chi connectivity index (χ2n) is 8.07. The van der Waals surface area contributed by atoms with Crippen molar-refractivity contribution in [3.05, 3.63) is 59.7 Å². The van der Waals surface area contributed by atoms with Gasteiger partial charge in [-0.3, -0.25) is 4.79 Å². The third kappa shape index (κ3) is 5.75. The number of amides is 1. The highest BCUT2D eigenvalue weighted by Gasteiger charge is 2.35. The zero-order valence-electron chi connectivity index (χ0n) is 17.7. The molecule has 0 N–H and O–H groups in total. The maximum Gasteiger partial charge on any atom is 0.254 e. The molecule has 162 valence electrons. The van der Waals surface area contributed by atoms with Crippen molar-refractivity contribution < 1.29 is 22.7 Å². The van der Waals surface area contributed by atoms with Gasteiger partial charge < -0.3 is 14.4 Å². The molecule has 0 aliphatic carbocycles. The normalized spacial score (nSPS) is 17.7. The highest BCUT2D eigenvalue weighted by atomic mass is 32.2. The lowest BCUT2D eigenvalue weighted by atomic mass is 10.1. The van der Waals surface area contributed by atoms with Crippen molar-refractivity contribution in [3.8, 4) is 11.5 Å². The number of hydrogen-bond acceptors (Lipinski definition) is 5. The summed E-state index contributed by atoms with van der Waals surface area (Å²) in [5, 5.41) is 0. The number of benzene rings is 2. The molecule has 6 nitrogen and oxygen atoms in total. The predicted molar refractivity (Wildman–Crippen MR) is 117 cm³/mol. The van der Waals surface area contributed by atoms with E-state index >= 15 is 0 Å². The van der Waals surface area contributed by atoms with Crippen LogP contribution in [0.25, 0.3) is 0 Å². The van der Waals surface area contributed by atoms with Gasteiger partial charge in [0, 0.05) is 18.2 Å². The van der Waals surface area contributed by atoms with Crippen LogP contribution in [-0.4, -0.2) is 50.5 Å². The van der Waals surface area contributed by atoms with Gasteiger partial charge in [-0.1, -0.05) is 26.0 Å². The fourth-order valence-electron chi connectivity index (χ4n) is 3.48. The Morgan fingerprint density at radius 2 is 1.87 bits per heavy atom. The van der Waals surface area contributed by atoms with Crippen molar-refractivity contribution in [2.75, 3.05) is 25.2 Å². The molecule has 0 aromatic heterocycles. The third-order valence-electron chi connectivity index (χ3n) is 5.08. The van der Waals surface area contributed by atoms with Gasteiger partial charge in [0.25, 0.3) is 5.91 Å². The summed E-state index contributed by atoms with van der Waals surface area (Å²) in [5.74, 6) is 1.75. The Kier molecular flexibility index (Phi) is 7.02. The molecule has 0 radical (unpaired) electrons. The summed E-state index contributed by atoms with van der Waals surface area (Å²) in [6, 6.07) is 14.2. The van der Waals surface area contributed by atoms with Gasteiger partial charge in [0.15, 0.2) is 9.84 Å². The zero-order chi connectivity index (χ0) is 21.7. The maximum absolute atomic E-state index is 13.3. The van der Waals surface area contributed by atoms with Gasteiger partial charge in [-0.25, -0.2) is 8.42 Å². The summed E-state index contributed by atoms with van der Waals surface area (Å²) in [4.78, 5) is 15.0. The fourth-order valence-corrected chi connectivity index (χ4v) is 5.21. The number of carbonyl (C=O) groups excluding carboxylic acids is 1. The van der Waals surface area contributed by atoms with Crippen LogP contribution in [0.2, 0.25) is 0 Å². The second-order valence-corrected chi connectivity index (χ2v) is 10.3. The Morgan fingerprint density at radius 1 is 1.13 bits per heavy atom. The average Bonchev–Trinajstić information content (AvgIpc) is 3.10. The molecule has 2 aromatic carbocycles. The van der Waals surface area contributed by atoms with Crippen LogP contribution < -0.4 is 9.47 Å². The van der Waals surface area contributed by atoms with Gasteiger partial charge in [-0.05, 0) is 54.3 Å². The minimum absolute atomic E-state index is 0.00169. The topological polar surface area (TPSA) is 72.9 Å². The highest BCUT2D eigenvalue weighted by molar-refractivity contribution is 7.91. The van der Waals surface area contributed by atoms with E-state index in [1.165, 1.54) is 0 Å². The van der Waals surface area contributed by atoms with Gasteiger partial charge in [-0.2, -0.15) is 0 Å². The van der Waals surface area contributed by atoms with Crippen LogP contribution in [0.15, 0.2) is 48.5 Å². The number of nitrogens with zero attached hydrogens (tertiary/aromatic N) is 1. The van der Waals surface area contributed by atoms with E-state index in [4.69, 9.17) is 9.47 Å². The van der Waals surface area contributed by atoms with E-state index in [1.807, 2.05) is 24.3 Å². The minimum Gasteiger partial charge on any atom is -0.497 e. The SMILES string of the molecule is COc1cccc(CN(C(=O)c2ccc(OCC(C)C)cc2)C2CCS(=O)(=O)C2)c1. The van der Waals surface area contributed by atoms with E-state index in [0.29, 0.717) is 42.6 Å².